The van der Waals surface area contributed by atoms with Crippen molar-refractivity contribution in [3.8, 4) is 0 Å². The van der Waals surface area contributed by atoms with Crippen LogP contribution in [-0.4, -0.2) is 0 Å². The van der Waals surface area contributed by atoms with E-state index in [4.69, 9.17) is 0 Å². The molecule has 40 heavy (non-hydrogen) atoms. The first kappa shape index (κ1) is 46.9. The molecular formula is C36H52Cl2Ti2-2. The van der Waals surface area contributed by atoms with Crippen LogP contribution in [0.2, 0.25) is 0 Å². The summed E-state index contributed by atoms with van der Waals surface area (Å²) in [7, 11) is 0. The molecule has 0 heterocycles. The number of hydrogen-bond donors (Lipinski definition) is 0. The molecule has 4 heteroatoms. The SMILES string of the molecule is CCCCC1=[C-]CC=C1.CCCCC1=[C-]CC=C1.CCCCC1=[C-]CC=C1.CCCCC1=[C-]CC=C1.[Cl-].[Cl-].[Ti+2].[Ti+2]. The van der Waals surface area contributed by atoms with Gasteiger partial charge in [0.1, 0.15) is 0 Å². The zero-order valence-corrected chi connectivity index (χ0v) is 30.3. The Morgan fingerprint density at radius 2 is 0.625 bits per heavy atom. The summed E-state index contributed by atoms with van der Waals surface area (Å²) >= 11 is 0. The van der Waals surface area contributed by atoms with Crippen LogP contribution in [-0.2, 0) is 43.4 Å². The topological polar surface area (TPSA) is 0 Å². The number of unbranched alkanes of at least 4 members (excludes halogenated alkanes) is 4. The quantitative estimate of drug-likeness (QED) is 0.194. The first-order valence-corrected chi connectivity index (χ1v) is 14.8. The minimum atomic E-state index is 0. The van der Waals surface area contributed by atoms with E-state index in [0.717, 1.165) is 25.7 Å². The van der Waals surface area contributed by atoms with Crippen LogP contribution in [0, 0.1) is 24.3 Å². The van der Waals surface area contributed by atoms with Crippen molar-refractivity contribution in [2.45, 2.75) is 130 Å². The van der Waals surface area contributed by atoms with Gasteiger partial charge < -0.3 is 24.8 Å². The summed E-state index contributed by atoms with van der Waals surface area (Å²) in [6, 6.07) is 0. The Bertz CT molecular complexity index is 675. The fourth-order valence-electron chi connectivity index (χ4n) is 3.96. The molecule has 0 N–H and O–H groups in total. The molecule has 0 aliphatic heterocycles. The number of rotatable bonds is 12. The summed E-state index contributed by atoms with van der Waals surface area (Å²) < 4.78 is 0. The van der Waals surface area contributed by atoms with E-state index in [-0.39, 0.29) is 68.2 Å². The van der Waals surface area contributed by atoms with Gasteiger partial charge in [-0.2, -0.15) is 24.3 Å². The smallest absolute Gasteiger partial charge is 1.00 e. The van der Waals surface area contributed by atoms with Gasteiger partial charge in [-0.25, -0.2) is 46.6 Å². The third-order valence-electron chi connectivity index (χ3n) is 6.26. The van der Waals surface area contributed by atoms with Crippen molar-refractivity contribution in [2.24, 2.45) is 0 Å². The van der Waals surface area contributed by atoms with Gasteiger partial charge in [-0.15, -0.1) is 25.7 Å². The van der Waals surface area contributed by atoms with E-state index >= 15 is 0 Å². The molecule has 0 aromatic rings. The summed E-state index contributed by atoms with van der Waals surface area (Å²) in [4.78, 5) is 0. The van der Waals surface area contributed by atoms with Crippen LogP contribution in [0.3, 0.4) is 0 Å². The van der Waals surface area contributed by atoms with Crippen LogP contribution < -0.4 is 24.8 Å². The Morgan fingerprint density at radius 1 is 0.425 bits per heavy atom. The summed E-state index contributed by atoms with van der Waals surface area (Å²) in [5, 5.41) is 0. The third-order valence-corrected chi connectivity index (χ3v) is 6.26. The maximum atomic E-state index is 3.30. The molecule has 0 unspecified atom stereocenters. The fraction of sp³-hybridized carbons (Fsp3) is 0.556. The molecule has 0 bridgehead atoms. The Morgan fingerprint density at radius 3 is 0.750 bits per heavy atom. The van der Waals surface area contributed by atoms with E-state index in [9.17, 15) is 0 Å². The second kappa shape index (κ2) is 35.1. The minimum Gasteiger partial charge on any atom is -1.00 e. The molecule has 220 valence electrons. The van der Waals surface area contributed by atoms with Gasteiger partial charge >= 0.3 is 43.4 Å². The maximum Gasteiger partial charge on any atom is 2.00 e. The molecule has 0 atom stereocenters. The van der Waals surface area contributed by atoms with Crippen molar-refractivity contribution in [3.05, 3.63) is 95.2 Å². The van der Waals surface area contributed by atoms with E-state index in [0.29, 0.717) is 0 Å². The fourth-order valence-corrected chi connectivity index (χ4v) is 3.96. The number of hydrogen-bond acceptors (Lipinski definition) is 0. The molecular weight excluding hydrogens is 599 g/mol. The van der Waals surface area contributed by atoms with Gasteiger partial charge in [0.15, 0.2) is 0 Å². The second-order valence-corrected chi connectivity index (χ2v) is 9.65. The van der Waals surface area contributed by atoms with Gasteiger partial charge in [-0.05, 0) is 0 Å². The molecule has 0 radical (unpaired) electrons. The largest absolute Gasteiger partial charge is 2.00 e. The van der Waals surface area contributed by atoms with Crippen LogP contribution in [0.4, 0.5) is 0 Å². The molecule has 0 fully saturated rings. The standard InChI is InChI=1S/4C9H13.2ClH.2Ti/c4*1-2-3-6-9-7-4-5-8-9;;;;/h4*4,7H,2-3,5-6H2,1H3;2*1H;;/q4*-1;;;2*+2/p-2. The summed E-state index contributed by atoms with van der Waals surface area (Å²) in [6.45, 7) is 8.89. The molecule has 4 aliphatic carbocycles. The van der Waals surface area contributed by atoms with Crippen molar-refractivity contribution in [1.29, 1.82) is 0 Å². The molecule has 0 saturated carbocycles. The van der Waals surface area contributed by atoms with Crippen LogP contribution in [0.5, 0.6) is 0 Å². The molecule has 0 aromatic carbocycles. The van der Waals surface area contributed by atoms with E-state index in [1.807, 2.05) is 0 Å². The van der Waals surface area contributed by atoms with E-state index in [2.05, 4.69) is 101 Å². The van der Waals surface area contributed by atoms with E-state index < -0.39 is 0 Å². The van der Waals surface area contributed by atoms with Gasteiger partial charge in [0, 0.05) is 0 Å². The Kier molecular flexibility index (Phi) is 41.2. The van der Waals surface area contributed by atoms with Gasteiger partial charge in [0.05, 0.1) is 0 Å². The monoisotopic (exact) mass is 650 g/mol. The normalized spacial score (nSPS) is 14.7. The Balaban J connectivity index is -0.000000209. The van der Waals surface area contributed by atoms with Gasteiger partial charge in [0.2, 0.25) is 0 Å². The van der Waals surface area contributed by atoms with Crippen molar-refractivity contribution >= 4 is 0 Å². The minimum absolute atomic E-state index is 0. The Labute approximate surface area is 291 Å². The Hall–Kier alpha value is -0.0714. The summed E-state index contributed by atoms with van der Waals surface area (Å²) in [5.74, 6) is 0. The predicted molar refractivity (Wildman–Crippen MR) is 160 cm³/mol. The van der Waals surface area contributed by atoms with Crippen molar-refractivity contribution in [1.82, 2.24) is 0 Å². The van der Waals surface area contributed by atoms with Crippen LogP contribution in [0.15, 0.2) is 70.9 Å². The molecule has 0 amide bonds. The number of allylic oxidation sites excluding steroid dienone is 16. The predicted octanol–water partition coefficient (Wildman–Crippen LogP) is 5.47. The van der Waals surface area contributed by atoms with Crippen LogP contribution in [0.25, 0.3) is 0 Å². The second-order valence-electron chi connectivity index (χ2n) is 9.65. The molecule has 0 aromatic heterocycles. The average Bonchev–Trinajstić information content (AvgIpc) is 3.74. The van der Waals surface area contributed by atoms with Gasteiger partial charge in [0.25, 0.3) is 0 Å². The molecule has 4 aliphatic rings. The van der Waals surface area contributed by atoms with Crippen LogP contribution in [0.1, 0.15) is 130 Å². The average molecular weight is 651 g/mol. The van der Waals surface area contributed by atoms with E-state index in [1.165, 1.54) is 99.3 Å². The number of halogens is 2. The van der Waals surface area contributed by atoms with Gasteiger partial charge in [-0.3, -0.25) is 24.3 Å². The van der Waals surface area contributed by atoms with Gasteiger partial charge in [-0.1, -0.05) is 105 Å². The summed E-state index contributed by atoms with van der Waals surface area (Å²) in [6.07, 6.45) is 50.1. The molecule has 0 nitrogen and oxygen atoms in total. The summed E-state index contributed by atoms with van der Waals surface area (Å²) in [5.41, 5.74) is 5.66. The first-order valence-electron chi connectivity index (χ1n) is 14.8. The van der Waals surface area contributed by atoms with Crippen LogP contribution >= 0.6 is 0 Å². The maximum absolute atomic E-state index is 3.30. The third kappa shape index (κ3) is 26.8. The first-order chi connectivity index (χ1) is 17.7. The molecule has 0 spiro atoms. The zero-order chi connectivity index (χ0) is 26.1. The molecule has 4 rings (SSSR count). The van der Waals surface area contributed by atoms with Crippen molar-refractivity contribution < 1.29 is 68.2 Å². The zero-order valence-electron chi connectivity index (χ0n) is 25.7. The molecule has 0 saturated heterocycles. The van der Waals surface area contributed by atoms with E-state index in [1.54, 1.807) is 0 Å². The van der Waals surface area contributed by atoms with Crippen molar-refractivity contribution in [2.75, 3.05) is 0 Å². The van der Waals surface area contributed by atoms with Crippen molar-refractivity contribution in [3.63, 3.8) is 0 Å².